The molecule has 5 heteroatoms. The van der Waals surface area contributed by atoms with Crippen molar-refractivity contribution in [1.29, 1.82) is 0 Å². The average Bonchev–Trinajstić information content (AvgIpc) is 2.58. The summed E-state index contributed by atoms with van der Waals surface area (Å²) in [4.78, 5) is 14.5. The van der Waals surface area contributed by atoms with Crippen LogP contribution in [0.15, 0.2) is 35.1 Å². The quantitative estimate of drug-likeness (QED) is 0.849. The lowest BCUT2D eigenvalue weighted by Crippen LogP contribution is -2.30. The Morgan fingerprint density at radius 2 is 1.75 bits per heavy atom. The van der Waals surface area contributed by atoms with Crippen molar-refractivity contribution in [2.75, 3.05) is 26.0 Å². The largest absolute Gasteiger partial charge is 0.366 e. The van der Waals surface area contributed by atoms with Crippen LogP contribution in [-0.2, 0) is 19.9 Å². The van der Waals surface area contributed by atoms with E-state index >= 15 is 0 Å². The molecule has 1 N–H and O–H groups in total. The molecule has 1 aromatic heterocycles. The van der Waals surface area contributed by atoms with Gasteiger partial charge in [-0.2, -0.15) is 5.10 Å². The lowest BCUT2D eigenvalue weighted by Gasteiger charge is -2.26. The van der Waals surface area contributed by atoms with Gasteiger partial charge in [-0.3, -0.25) is 4.79 Å². The van der Waals surface area contributed by atoms with E-state index in [2.05, 4.69) is 60.6 Å². The van der Waals surface area contributed by atoms with Gasteiger partial charge in [-0.1, -0.05) is 44.2 Å². The molecule has 0 aliphatic rings. The molecule has 1 unspecified atom stereocenters. The van der Waals surface area contributed by atoms with E-state index in [9.17, 15) is 4.79 Å². The van der Waals surface area contributed by atoms with E-state index in [0.29, 0.717) is 0 Å². The summed E-state index contributed by atoms with van der Waals surface area (Å²) in [5, 5.41) is 7.93. The molecule has 5 nitrogen and oxygen atoms in total. The first-order valence-electron chi connectivity index (χ1n) is 8.53. The summed E-state index contributed by atoms with van der Waals surface area (Å²) >= 11 is 0. The zero-order chi connectivity index (χ0) is 17.7. The molecule has 130 valence electrons. The molecule has 0 amide bonds. The van der Waals surface area contributed by atoms with Crippen LogP contribution in [0.4, 0.5) is 5.82 Å². The molecule has 2 aromatic rings. The maximum absolute atomic E-state index is 12.3. The summed E-state index contributed by atoms with van der Waals surface area (Å²) < 4.78 is 1.44. The first-order valence-corrected chi connectivity index (χ1v) is 8.53. The number of nitrogens with zero attached hydrogens (tertiary/aromatic N) is 3. The van der Waals surface area contributed by atoms with E-state index in [1.807, 2.05) is 13.0 Å². The first kappa shape index (κ1) is 18.2. The summed E-state index contributed by atoms with van der Waals surface area (Å²) in [5.41, 5.74) is 3.16. The fourth-order valence-corrected chi connectivity index (χ4v) is 3.08. The maximum Gasteiger partial charge on any atom is 0.270 e. The second-order valence-corrected chi connectivity index (χ2v) is 6.21. The Hall–Kier alpha value is -2.14. The highest BCUT2D eigenvalue weighted by atomic mass is 16.1. The topological polar surface area (TPSA) is 50.2 Å². The van der Waals surface area contributed by atoms with E-state index in [1.54, 1.807) is 7.05 Å². The van der Waals surface area contributed by atoms with Gasteiger partial charge in [-0.25, -0.2) is 4.68 Å². The van der Waals surface area contributed by atoms with Gasteiger partial charge >= 0.3 is 0 Å². The Labute approximate surface area is 144 Å². The molecule has 24 heavy (non-hydrogen) atoms. The normalized spacial score (nSPS) is 12.4. The molecule has 0 saturated heterocycles. The van der Waals surface area contributed by atoms with Crippen molar-refractivity contribution >= 4 is 5.82 Å². The van der Waals surface area contributed by atoms with Crippen molar-refractivity contribution in [1.82, 2.24) is 14.7 Å². The Bertz CT molecular complexity index is 722. The predicted octanol–water partition coefficient (Wildman–Crippen LogP) is 2.62. The van der Waals surface area contributed by atoms with Crippen molar-refractivity contribution < 1.29 is 0 Å². The van der Waals surface area contributed by atoms with E-state index in [4.69, 9.17) is 0 Å². The highest BCUT2D eigenvalue weighted by Gasteiger charge is 2.17. The van der Waals surface area contributed by atoms with Crippen molar-refractivity contribution in [2.24, 2.45) is 7.05 Å². The summed E-state index contributed by atoms with van der Waals surface area (Å²) in [6, 6.07) is 10.7. The Morgan fingerprint density at radius 3 is 2.29 bits per heavy atom. The van der Waals surface area contributed by atoms with Gasteiger partial charge in [0.15, 0.2) is 0 Å². The number of anilines is 1. The summed E-state index contributed by atoms with van der Waals surface area (Å²) in [6.07, 6.45) is 1.52. The van der Waals surface area contributed by atoms with Crippen molar-refractivity contribution in [3.8, 4) is 0 Å². The number of benzene rings is 1. The highest BCUT2D eigenvalue weighted by Crippen LogP contribution is 2.21. The molecule has 0 radical (unpaired) electrons. The van der Waals surface area contributed by atoms with Crippen LogP contribution < -0.4 is 10.9 Å². The van der Waals surface area contributed by atoms with Gasteiger partial charge < -0.3 is 10.2 Å². The molecular formula is C19H28N4O. The number of nitrogens with one attached hydrogen (secondary N) is 1. The smallest absolute Gasteiger partial charge is 0.270 e. The molecule has 2 rings (SSSR count). The summed E-state index contributed by atoms with van der Waals surface area (Å²) in [7, 11) is 5.87. The van der Waals surface area contributed by atoms with Gasteiger partial charge in [0.05, 0.1) is 6.04 Å². The Kier molecular flexibility index (Phi) is 6.15. The molecular weight excluding hydrogens is 300 g/mol. The van der Waals surface area contributed by atoms with Crippen molar-refractivity contribution in [3.63, 3.8) is 0 Å². The number of aryl methyl sites for hydroxylation is 1. The second-order valence-electron chi connectivity index (χ2n) is 6.21. The maximum atomic E-state index is 12.3. The minimum absolute atomic E-state index is 0.00659. The monoisotopic (exact) mass is 328 g/mol. The van der Waals surface area contributed by atoms with Gasteiger partial charge in [0.25, 0.3) is 5.56 Å². The molecule has 1 atom stereocenters. The van der Waals surface area contributed by atoms with E-state index < -0.39 is 0 Å². The van der Waals surface area contributed by atoms with E-state index in [1.165, 1.54) is 10.2 Å². The summed E-state index contributed by atoms with van der Waals surface area (Å²) in [6.45, 7) is 4.83. The molecule has 1 aromatic carbocycles. The van der Waals surface area contributed by atoms with Crippen LogP contribution >= 0.6 is 0 Å². The third-order valence-electron chi connectivity index (χ3n) is 4.43. The highest BCUT2D eigenvalue weighted by molar-refractivity contribution is 5.47. The van der Waals surface area contributed by atoms with Crippen LogP contribution in [0.25, 0.3) is 0 Å². The number of likely N-dealkylation sites (N-methyl/N-ethyl adjacent to an activating group) is 1. The third kappa shape index (κ3) is 3.85. The average molecular weight is 328 g/mol. The fraction of sp³-hybridized carbons (Fsp3) is 0.474. The minimum Gasteiger partial charge on any atom is -0.366 e. The molecule has 0 fully saturated rings. The van der Waals surface area contributed by atoms with E-state index in [-0.39, 0.29) is 11.6 Å². The minimum atomic E-state index is 0.00659. The lowest BCUT2D eigenvalue weighted by atomic mass is 10.0. The van der Waals surface area contributed by atoms with Crippen LogP contribution in [0, 0.1) is 0 Å². The molecule has 0 spiro atoms. The number of hydrogen-bond donors (Lipinski definition) is 1. The van der Waals surface area contributed by atoms with Gasteiger partial charge in [-0.05, 0) is 32.5 Å². The second kappa shape index (κ2) is 8.11. The van der Waals surface area contributed by atoms with Crippen LogP contribution in [0.3, 0.4) is 0 Å². The zero-order valence-electron chi connectivity index (χ0n) is 15.3. The Balaban J connectivity index is 2.30. The molecule has 0 aliphatic heterocycles. The SMILES string of the molecule is CCc1c(NCC(c2ccccc2)N(C)C)nn(C)c(=O)c1CC. The Morgan fingerprint density at radius 1 is 1.12 bits per heavy atom. The van der Waals surface area contributed by atoms with Gasteiger partial charge in [0.2, 0.25) is 0 Å². The van der Waals surface area contributed by atoms with E-state index in [0.717, 1.165) is 36.3 Å². The van der Waals surface area contributed by atoms with Crippen LogP contribution in [0.5, 0.6) is 0 Å². The fourth-order valence-electron chi connectivity index (χ4n) is 3.08. The van der Waals surface area contributed by atoms with Crippen molar-refractivity contribution in [3.05, 3.63) is 57.4 Å². The number of hydrogen-bond acceptors (Lipinski definition) is 4. The molecule has 0 saturated carbocycles. The van der Waals surface area contributed by atoms with Crippen molar-refractivity contribution in [2.45, 2.75) is 32.7 Å². The number of aromatic nitrogens is 2. The first-order chi connectivity index (χ1) is 11.5. The number of rotatable bonds is 7. The van der Waals surface area contributed by atoms with Crippen LogP contribution in [-0.4, -0.2) is 35.3 Å². The third-order valence-corrected chi connectivity index (χ3v) is 4.43. The summed E-state index contributed by atoms with van der Waals surface area (Å²) in [5.74, 6) is 0.819. The van der Waals surface area contributed by atoms with Crippen LogP contribution in [0.2, 0.25) is 0 Å². The lowest BCUT2D eigenvalue weighted by molar-refractivity contribution is 0.311. The standard InChI is InChI=1S/C19H28N4O/c1-6-15-16(7-2)19(24)23(5)21-18(15)20-13-17(22(3)4)14-11-9-8-10-12-14/h8-12,17H,6-7,13H2,1-5H3,(H,20,21). The van der Waals surface area contributed by atoms with Gasteiger partial charge in [0, 0.05) is 24.7 Å². The molecule has 0 bridgehead atoms. The molecule has 0 aliphatic carbocycles. The van der Waals surface area contributed by atoms with Gasteiger partial charge in [0.1, 0.15) is 5.82 Å². The van der Waals surface area contributed by atoms with Crippen LogP contribution in [0.1, 0.15) is 36.6 Å². The van der Waals surface area contributed by atoms with Gasteiger partial charge in [-0.15, -0.1) is 0 Å². The zero-order valence-corrected chi connectivity index (χ0v) is 15.3. The molecule has 1 heterocycles. The predicted molar refractivity (Wildman–Crippen MR) is 99.6 cm³/mol.